The quantitative estimate of drug-likeness (QED) is 0.285. The third-order valence-electron chi connectivity index (χ3n) is 6.19. The van der Waals surface area contributed by atoms with Crippen LogP contribution in [-0.2, 0) is 22.7 Å². The molecule has 0 N–H and O–H groups in total. The van der Waals surface area contributed by atoms with E-state index in [2.05, 4.69) is 14.7 Å². The maximum atomic E-state index is 13.6. The van der Waals surface area contributed by atoms with Gasteiger partial charge in [0.05, 0.1) is 22.8 Å². The van der Waals surface area contributed by atoms with Crippen LogP contribution < -0.4 is 9.64 Å². The van der Waals surface area contributed by atoms with E-state index in [4.69, 9.17) is 0 Å². The van der Waals surface area contributed by atoms with Crippen LogP contribution in [0.15, 0.2) is 71.7 Å². The lowest BCUT2D eigenvalue weighted by molar-refractivity contribution is -0.274. The van der Waals surface area contributed by atoms with Crippen LogP contribution in [0.25, 0.3) is 0 Å². The van der Waals surface area contributed by atoms with E-state index in [1.54, 1.807) is 0 Å². The Labute approximate surface area is 227 Å². The molecular weight excluding hydrogens is 569 g/mol. The van der Waals surface area contributed by atoms with Crippen molar-refractivity contribution < 1.29 is 49.0 Å². The number of halogens is 9. The van der Waals surface area contributed by atoms with Crippen LogP contribution in [-0.4, -0.2) is 23.0 Å². The predicted molar refractivity (Wildman–Crippen MR) is 129 cm³/mol. The molecule has 14 heteroatoms. The lowest BCUT2D eigenvalue weighted by Crippen LogP contribution is -2.30. The Morgan fingerprint density at radius 1 is 0.829 bits per heavy atom. The molecule has 1 atom stereocenters. The van der Waals surface area contributed by atoms with E-state index in [-0.39, 0.29) is 29.1 Å². The van der Waals surface area contributed by atoms with Crippen LogP contribution in [0.5, 0.6) is 5.75 Å². The van der Waals surface area contributed by atoms with Gasteiger partial charge in [0.25, 0.3) is 5.91 Å². The number of hydrogen-bond donors (Lipinski definition) is 0. The van der Waals surface area contributed by atoms with Crippen molar-refractivity contribution in [2.24, 2.45) is 4.99 Å². The van der Waals surface area contributed by atoms with Gasteiger partial charge in [-0.1, -0.05) is 18.2 Å². The topological polar surface area (TPSA) is 54.8 Å². The number of pyridine rings is 1. The predicted octanol–water partition coefficient (Wildman–Crippen LogP) is 7.87. The van der Waals surface area contributed by atoms with Gasteiger partial charge in [-0.15, -0.1) is 13.2 Å². The van der Waals surface area contributed by atoms with E-state index in [0.29, 0.717) is 0 Å². The summed E-state index contributed by atoms with van der Waals surface area (Å²) in [6.07, 6.45) is -14.7. The van der Waals surface area contributed by atoms with E-state index in [9.17, 15) is 44.3 Å². The molecule has 0 bridgehead atoms. The van der Waals surface area contributed by atoms with Crippen molar-refractivity contribution >= 4 is 17.3 Å². The Balaban J connectivity index is 1.77. The number of nitrogens with zero attached hydrogens (tertiary/aromatic N) is 3. The smallest absolute Gasteiger partial charge is 0.406 e. The molecule has 2 aromatic carbocycles. The van der Waals surface area contributed by atoms with E-state index in [1.165, 1.54) is 26.0 Å². The van der Waals surface area contributed by atoms with Crippen molar-refractivity contribution in [1.82, 2.24) is 4.98 Å². The van der Waals surface area contributed by atoms with Crippen molar-refractivity contribution in [3.05, 3.63) is 89.2 Å². The van der Waals surface area contributed by atoms with Gasteiger partial charge in [0.1, 0.15) is 17.2 Å². The molecule has 0 saturated carbocycles. The number of hydrogen-bond acceptors (Lipinski definition) is 4. The van der Waals surface area contributed by atoms with Crippen molar-refractivity contribution in [1.29, 1.82) is 0 Å². The molecule has 0 radical (unpaired) electrons. The van der Waals surface area contributed by atoms with Gasteiger partial charge in [0.15, 0.2) is 0 Å². The lowest BCUT2D eigenvalue weighted by atomic mass is 9.98. The molecule has 3 aromatic rings. The van der Waals surface area contributed by atoms with Crippen molar-refractivity contribution in [3.63, 3.8) is 0 Å². The second-order valence-electron chi connectivity index (χ2n) is 9.58. The monoisotopic (exact) mass is 589 g/mol. The largest absolute Gasteiger partial charge is 0.573 e. The number of ether oxygens (including phenoxy) is 1. The zero-order chi connectivity index (χ0) is 30.4. The zero-order valence-electron chi connectivity index (χ0n) is 21.2. The van der Waals surface area contributed by atoms with Gasteiger partial charge < -0.3 is 4.74 Å². The number of rotatable bonds is 5. The van der Waals surface area contributed by atoms with Crippen LogP contribution in [0.2, 0.25) is 0 Å². The molecule has 0 spiro atoms. The Morgan fingerprint density at radius 2 is 1.44 bits per heavy atom. The molecule has 1 saturated heterocycles. The first-order valence-corrected chi connectivity index (χ1v) is 11.9. The molecular formula is C27H20F9N3O2. The fraction of sp³-hybridized carbons (Fsp3) is 0.296. The van der Waals surface area contributed by atoms with Crippen molar-refractivity contribution in [3.8, 4) is 5.75 Å². The molecule has 41 heavy (non-hydrogen) atoms. The third kappa shape index (κ3) is 6.80. The molecule has 2 heterocycles. The third-order valence-corrected chi connectivity index (χ3v) is 6.19. The summed E-state index contributed by atoms with van der Waals surface area (Å²) in [4.78, 5) is 22.7. The van der Waals surface area contributed by atoms with Crippen LogP contribution in [0, 0.1) is 0 Å². The molecule has 0 aliphatic carbocycles. The first-order valence-electron chi connectivity index (χ1n) is 11.9. The fourth-order valence-electron chi connectivity index (χ4n) is 4.36. The van der Waals surface area contributed by atoms with Crippen LogP contribution in [0.3, 0.4) is 0 Å². The number of amides is 1. The molecule has 1 fully saturated rings. The molecule has 5 nitrogen and oxygen atoms in total. The molecule has 1 aliphatic rings. The first-order chi connectivity index (χ1) is 18.8. The van der Waals surface area contributed by atoms with Crippen molar-refractivity contribution in [2.75, 3.05) is 4.90 Å². The average Bonchev–Trinajstić information content (AvgIpc) is 3.18. The van der Waals surface area contributed by atoms with Crippen molar-refractivity contribution in [2.45, 2.75) is 50.6 Å². The highest BCUT2D eigenvalue weighted by Crippen LogP contribution is 2.40. The average molecular weight is 589 g/mol. The summed E-state index contributed by atoms with van der Waals surface area (Å²) < 4.78 is 122. The summed E-state index contributed by atoms with van der Waals surface area (Å²) >= 11 is 0. The normalized spacial score (nSPS) is 17.8. The second-order valence-corrected chi connectivity index (χ2v) is 9.58. The SMILES string of the molecule is CC(C)(N=C1CC(c2cccc(C(F)(F)F)c2)N(c2ccc(OC(F)(F)F)cc2)C1=O)c1cccc(C(F)(F)F)n1. The van der Waals surface area contributed by atoms with E-state index in [1.807, 2.05) is 0 Å². The Bertz CT molecular complexity index is 1460. The van der Waals surface area contributed by atoms with Gasteiger partial charge in [-0.2, -0.15) is 26.3 Å². The van der Waals surface area contributed by atoms with E-state index >= 15 is 0 Å². The molecule has 1 aromatic heterocycles. The maximum Gasteiger partial charge on any atom is 0.573 e. The van der Waals surface area contributed by atoms with Gasteiger partial charge in [0, 0.05) is 12.1 Å². The summed E-state index contributed by atoms with van der Waals surface area (Å²) in [6.45, 7) is 2.84. The minimum absolute atomic E-state index is 0.0344. The molecule has 218 valence electrons. The summed E-state index contributed by atoms with van der Waals surface area (Å²) in [5, 5.41) is 0. The van der Waals surface area contributed by atoms with Crippen LogP contribution >= 0.6 is 0 Å². The number of carbonyl (C=O) groups is 1. The summed E-state index contributed by atoms with van der Waals surface area (Å²) in [6, 6.07) is 10.4. The molecule has 1 unspecified atom stereocenters. The number of benzene rings is 2. The van der Waals surface area contributed by atoms with Gasteiger partial charge >= 0.3 is 18.7 Å². The Hall–Kier alpha value is -4.10. The number of aromatic nitrogens is 1. The van der Waals surface area contributed by atoms with E-state index in [0.717, 1.165) is 59.5 Å². The highest BCUT2D eigenvalue weighted by molar-refractivity contribution is 6.46. The molecule has 1 amide bonds. The second kappa shape index (κ2) is 10.4. The maximum absolute atomic E-state index is 13.6. The number of alkyl halides is 9. The standard InChI is InChI=1S/C27H20F9N3O2/c1-24(2,21-7-4-8-22(37-21)26(31,32)33)38-19-14-20(15-5-3-6-16(13-15)25(28,29)30)39(23(19)40)17-9-11-18(12-10-17)41-27(34,35)36/h3-13,20H,14H2,1-2H3. The van der Waals surface area contributed by atoms with Gasteiger partial charge in [-0.25, -0.2) is 4.98 Å². The highest BCUT2D eigenvalue weighted by Gasteiger charge is 2.42. The minimum Gasteiger partial charge on any atom is -0.406 e. The Morgan fingerprint density at radius 3 is 2.02 bits per heavy atom. The molecule has 4 rings (SSSR count). The molecule has 1 aliphatic heterocycles. The van der Waals surface area contributed by atoms with Gasteiger partial charge in [0.2, 0.25) is 0 Å². The number of aliphatic imine (C=N–C) groups is 1. The first kappa shape index (κ1) is 29.9. The van der Waals surface area contributed by atoms with Gasteiger partial charge in [-0.05, 0) is 67.9 Å². The number of anilines is 1. The fourth-order valence-corrected chi connectivity index (χ4v) is 4.36. The Kier molecular flexibility index (Phi) is 7.56. The zero-order valence-corrected chi connectivity index (χ0v) is 21.2. The number of carbonyl (C=O) groups excluding carboxylic acids is 1. The summed E-state index contributed by atoms with van der Waals surface area (Å²) in [5.74, 6) is -1.38. The van der Waals surface area contributed by atoms with Crippen LogP contribution in [0.1, 0.15) is 48.8 Å². The van der Waals surface area contributed by atoms with Gasteiger partial charge in [-0.3, -0.25) is 14.7 Å². The summed E-state index contributed by atoms with van der Waals surface area (Å²) in [7, 11) is 0. The highest BCUT2D eigenvalue weighted by atomic mass is 19.4. The minimum atomic E-state index is -4.98. The summed E-state index contributed by atoms with van der Waals surface area (Å²) in [5.41, 5.74) is -3.83. The lowest BCUT2D eigenvalue weighted by Gasteiger charge is -2.25. The van der Waals surface area contributed by atoms with E-state index < -0.39 is 53.2 Å². The van der Waals surface area contributed by atoms with Crippen LogP contribution in [0.4, 0.5) is 45.2 Å².